The van der Waals surface area contributed by atoms with Crippen molar-refractivity contribution in [3.05, 3.63) is 30.3 Å². The average Bonchev–Trinajstić information content (AvgIpc) is 2.36. The van der Waals surface area contributed by atoms with Gasteiger partial charge in [-0.2, -0.15) is 0 Å². The monoisotopic (exact) mass is 299 g/mol. The first-order valence-electron chi connectivity index (χ1n) is 5.66. The highest BCUT2D eigenvalue weighted by atomic mass is 79.9. The molecule has 0 fully saturated rings. The highest BCUT2D eigenvalue weighted by molar-refractivity contribution is 9.09. The maximum absolute atomic E-state index is 11.6. The number of nitrogens with one attached hydrogen (secondary N) is 1. The maximum Gasteiger partial charge on any atom is 0.258 e. The Labute approximate surface area is 111 Å². The third-order valence-electron chi connectivity index (χ3n) is 2.60. The lowest BCUT2D eigenvalue weighted by Gasteiger charge is -2.19. The van der Waals surface area contributed by atoms with Crippen molar-refractivity contribution in [3.63, 3.8) is 0 Å². The van der Waals surface area contributed by atoms with E-state index in [1.807, 2.05) is 37.3 Å². The zero-order valence-electron chi connectivity index (χ0n) is 10.2. The van der Waals surface area contributed by atoms with Gasteiger partial charge in [0, 0.05) is 11.4 Å². The second-order valence-electron chi connectivity index (χ2n) is 4.09. The third kappa shape index (κ3) is 5.22. The fourth-order valence-corrected chi connectivity index (χ4v) is 1.80. The van der Waals surface area contributed by atoms with E-state index in [9.17, 15) is 4.79 Å². The summed E-state index contributed by atoms with van der Waals surface area (Å²) in [6.45, 7) is 4.13. The van der Waals surface area contributed by atoms with E-state index in [-0.39, 0.29) is 18.6 Å². The van der Waals surface area contributed by atoms with Gasteiger partial charge in [0.1, 0.15) is 5.75 Å². The second kappa shape index (κ2) is 7.33. The van der Waals surface area contributed by atoms with Crippen molar-refractivity contribution < 1.29 is 9.53 Å². The summed E-state index contributed by atoms with van der Waals surface area (Å²) in [4.78, 5) is 11.6. The van der Waals surface area contributed by atoms with E-state index in [1.165, 1.54) is 0 Å². The Morgan fingerprint density at radius 1 is 1.35 bits per heavy atom. The zero-order chi connectivity index (χ0) is 12.7. The minimum atomic E-state index is -0.0887. The summed E-state index contributed by atoms with van der Waals surface area (Å²) < 4.78 is 5.36. The van der Waals surface area contributed by atoms with Crippen LogP contribution in [0, 0.1) is 5.92 Å². The molecule has 2 unspecified atom stereocenters. The van der Waals surface area contributed by atoms with Crippen LogP contribution < -0.4 is 10.1 Å². The number of halogens is 1. The molecule has 0 radical (unpaired) electrons. The lowest BCUT2D eigenvalue weighted by atomic mass is 10.1. The van der Waals surface area contributed by atoms with Crippen molar-refractivity contribution >= 4 is 21.8 Å². The first-order chi connectivity index (χ1) is 8.13. The van der Waals surface area contributed by atoms with Crippen LogP contribution in [-0.4, -0.2) is 23.9 Å². The van der Waals surface area contributed by atoms with Crippen molar-refractivity contribution in [2.45, 2.75) is 19.9 Å². The van der Waals surface area contributed by atoms with Crippen LogP contribution in [0.15, 0.2) is 30.3 Å². The van der Waals surface area contributed by atoms with Crippen molar-refractivity contribution in [1.82, 2.24) is 5.32 Å². The SMILES string of the molecule is CC(CBr)C(C)NC(=O)COc1ccccc1. The molecule has 17 heavy (non-hydrogen) atoms. The van der Waals surface area contributed by atoms with Crippen LogP contribution in [0.25, 0.3) is 0 Å². The van der Waals surface area contributed by atoms with Gasteiger partial charge in [-0.1, -0.05) is 41.1 Å². The molecular formula is C13H18BrNO2. The molecule has 94 valence electrons. The maximum atomic E-state index is 11.6. The van der Waals surface area contributed by atoms with Crippen molar-refractivity contribution in [2.24, 2.45) is 5.92 Å². The zero-order valence-corrected chi connectivity index (χ0v) is 11.7. The number of carbonyl (C=O) groups excluding carboxylic acids is 1. The number of alkyl halides is 1. The molecule has 0 bridgehead atoms. The molecular weight excluding hydrogens is 282 g/mol. The standard InChI is InChI=1S/C13H18BrNO2/c1-10(8-14)11(2)15-13(16)9-17-12-6-4-3-5-7-12/h3-7,10-11H,8-9H2,1-2H3,(H,15,16). The number of carbonyl (C=O) groups is 1. The Morgan fingerprint density at radius 3 is 2.59 bits per heavy atom. The predicted octanol–water partition coefficient (Wildman–Crippen LogP) is 2.60. The second-order valence-corrected chi connectivity index (χ2v) is 4.74. The third-order valence-corrected chi connectivity index (χ3v) is 3.62. The molecule has 1 rings (SSSR count). The molecule has 4 heteroatoms. The molecule has 0 saturated heterocycles. The molecule has 0 aliphatic carbocycles. The fraction of sp³-hybridized carbons (Fsp3) is 0.462. The highest BCUT2D eigenvalue weighted by Crippen LogP contribution is 2.08. The summed E-state index contributed by atoms with van der Waals surface area (Å²) in [6.07, 6.45) is 0. The summed E-state index contributed by atoms with van der Waals surface area (Å²) in [6, 6.07) is 9.47. The van der Waals surface area contributed by atoms with Gasteiger partial charge in [0.15, 0.2) is 6.61 Å². The van der Waals surface area contributed by atoms with E-state index in [2.05, 4.69) is 28.2 Å². The van der Waals surface area contributed by atoms with E-state index < -0.39 is 0 Å². The first kappa shape index (κ1) is 14.0. The number of hydrogen-bond acceptors (Lipinski definition) is 2. The molecule has 0 aliphatic rings. The average molecular weight is 300 g/mol. The molecule has 1 aromatic carbocycles. The lowest BCUT2D eigenvalue weighted by Crippen LogP contribution is -2.40. The van der Waals surface area contributed by atoms with E-state index >= 15 is 0 Å². The summed E-state index contributed by atoms with van der Waals surface area (Å²) in [7, 11) is 0. The van der Waals surface area contributed by atoms with Gasteiger partial charge in [-0.15, -0.1) is 0 Å². The first-order valence-corrected chi connectivity index (χ1v) is 6.78. The lowest BCUT2D eigenvalue weighted by molar-refractivity contribution is -0.123. The van der Waals surface area contributed by atoms with Gasteiger partial charge < -0.3 is 10.1 Å². The minimum absolute atomic E-state index is 0.0589. The number of amides is 1. The summed E-state index contributed by atoms with van der Waals surface area (Å²) >= 11 is 3.40. The minimum Gasteiger partial charge on any atom is -0.484 e. The molecule has 1 aromatic rings. The molecule has 0 heterocycles. The van der Waals surface area contributed by atoms with Crippen LogP contribution in [0.3, 0.4) is 0 Å². The van der Waals surface area contributed by atoms with Crippen LogP contribution in [0.4, 0.5) is 0 Å². The highest BCUT2D eigenvalue weighted by Gasteiger charge is 2.13. The molecule has 2 atom stereocenters. The number of hydrogen-bond donors (Lipinski definition) is 1. The predicted molar refractivity (Wildman–Crippen MR) is 72.5 cm³/mol. The molecule has 0 aliphatic heterocycles. The van der Waals surface area contributed by atoms with E-state index in [1.54, 1.807) is 0 Å². The quantitative estimate of drug-likeness (QED) is 0.820. The summed E-state index contributed by atoms with van der Waals surface area (Å²) in [5, 5.41) is 3.78. The van der Waals surface area contributed by atoms with E-state index in [4.69, 9.17) is 4.74 Å². The fourth-order valence-electron chi connectivity index (χ4n) is 1.24. The van der Waals surface area contributed by atoms with Crippen LogP contribution >= 0.6 is 15.9 Å². The Balaban J connectivity index is 2.31. The van der Waals surface area contributed by atoms with Crippen LogP contribution in [0.5, 0.6) is 5.75 Å². The van der Waals surface area contributed by atoms with Gasteiger partial charge >= 0.3 is 0 Å². The van der Waals surface area contributed by atoms with Gasteiger partial charge in [0.05, 0.1) is 0 Å². The van der Waals surface area contributed by atoms with Gasteiger partial charge in [-0.3, -0.25) is 4.79 Å². The van der Waals surface area contributed by atoms with E-state index in [0.29, 0.717) is 11.7 Å². The molecule has 3 nitrogen and oxygen atoms in total. The Morgan fingerprint density at radius 2 is 2.00 bits per heavy atom. The molecule has 0 aromatic heterocycles. The topological polar surface area (TPSA) is 38.3 Å². The molecule has 0 saturated carbocycles. The van der Waals surface area contributed by atoms with Crippen molar-refractivity contribution in [3.8, 4) is 5.75 Å². The van der Waals surface area contributed by atoms with E-state index in [0.717, 1.165) is 5.33 Å². The molecule has 1 amide bonds. The van der Waals surface area contributed by atoms with Gasteiger partial charge in [0.25, 0.3) is 5.91 Å². The Hall–Kier alpha value is -1.03. The van der Waals surface area contributed by atoms with Gasteiger partial charge in [0.2, 0.25) is 0 Å². The van der Waals surface area contributed by atoms with Gasteiger partial charge in [-0.25, -0.2) is 0 Å². The Bertz CT molecular complexity index is 343. The largest absolute Gasteiger partial charge is 0.484 e. The molecule has 1 N–H and O–H groups in total. The van der Waals surface area contributed by atoms with Gasteiger partial charge in [-0.05, 0) is 25.0 Å². The molecule has 0 spiro atoms. The van der Waals surface area contributed by atoms with Crippen LogP contribution in [-0.2, 0) is 4.79 Å². The van der Waals surface area contributed by atoms with Crippen molar-refractivity contribution in [2.75, 3.05) is 11.9 Å². The normalized spacial score (nSPS) is 13.8. The van der Waals surface area contributed by atoms with Crippen molar-refractivity contribution in [1.29, 1.82) is 0 Å². The number of rotatable bonds is 6. The van der Waals surface area contributed by atoms with Crippen LogP contribution in [0.2, 0.25) is 0 Å². The number of ether oxygens (including phenoxy) is 1. The summed E-state index contributed by atoms with van der Waals surface area (Å²) in [5.74, 6) is 1.02. The van der Waals surface area contributed by atoms with Crippen LogP contribution in [0.1, 0.15) is 13.8 Å². The Kier molecular flexibility index (Phi) is 6.05. The number of para-hydroxylation sites is 1. The summed E-state index contributed by atoms with van der Waals surface area (Å²) in [5.41, 5.74) is 0. The number of benzene rings is 1. The smallest absolute Gasteiger partial charge is 0.258 e.